The number of hydrogen-bond donors (Lipinski definition) is 1. The van der Waals surface area contributed by atoms with Gasteiger partial charge in [0.25, 0.3) is 0 Å². The summed E-state index contributed by atoms with van der Waals surface area (Å²) >= 11 is 0.936. The van der Waals surface area contributed by atoms with Gasteiger partial charge in [-0.05, 0) is 0 Å². The van der Waals surface area contributed by atoms with Crippen LogP contribution in [0.5, 0.6) is 17.2 Å². The van der Waals surface area contributed by atoms with Crippen molar-refractivity contribution in [1.29, 1.82) is 0 Å². The molecular weight excluding hydrogens is 453 g/mol. The van der Waals surface area contributed by atoms with Crippen molar-refractivity contribution in [3.05, 3.63) is 40.5 Å². The molecule has 7 heteroatoms. The number of methoxy groups -OCH3 is 3. The summed E-state index contributed by atoms with van der Waals surface area (Å²) in [6, 6.07) is 9.44. The molecule has 25 heavy (non-hydrogen) atoms. The molecule has 0 amide bonds. The molecule has 1 heterocycles. The number of aryl methyl sites for hydroxylation is 1. The summed E-state index contributed by atoms with van der Waals surface area (Å²) in [4.78, 5) is 3.31. The molecule has 3 aromatic rings. The number of rotatable bonds is 5. The zero-order valence-electron chi connectivity index (χ0n) is 14.3. The first-order valence-corrected chi connectivity index (χ1v) is 10.7. The predicted octanol–water partition coefficient (Wildman–Crippen LogP) is 2.80. The van der Waals surface area contributed by atoms with Gasteiger partial charge in [-0.15, -0.1) is 0 Å². The fourth-order valence-corrected chi connectivity index (χ4v) is 6.01. The van der Waals surface area contributed by atoms with E-state index in [9.17, 15) is 3.83 Å². The number of nitrogens with one attached hydrogen (secondary N) is 1. The van der Waals surface area contributed by atoms with E-state index in [1.165, 1.54) is 0 Å². The van der Waals surface area contributed by atoms with Crippen LogP contribution >= 0.6 is 15.9 Å². The Balaban J connectivity index is 2.19. The van der Waals surface area contributed by atoms with Gasteiger partial charge in [0.15, 0.2) is 0 Å². The Morgan fingerprint density at radius 2 is 1.64 bits per heavy atom. The van der Waals surface area contributed by atoms with E-state index in [2.05, 4.69) is 20.9 Å². The Bertz CT molecular complexity index is 942. The average molecular weight is 471 g/mol. The number of H-pyrrole nitrogens is 1. The monoisotopic (exact) mass is 471 g/mol. The minimum absolute atomic E-state index is 0.492. The second-order valence-electron chi connectivity index (χ2n) is 5.40. The molecule has 0 spiro atoms. The van der Waals surface area contributed by atoms with Crippen molar-refractivity contribution in [2.24, 2.45) is 0 Å². The normalized spacial score (nSPS) is 12.2. The van der Waals surface area contributed by atoms with Crippen molar-refractivity contribution in [2.75, 3.05) is 21.3 Å². The van der Waals surface area contributed by atoms with E-state index in [1.54, 1.807) is 33.5 Å². The van der Waals surface area contributed by atoms with Gasteiger partial charge in [-0.1, -0.05) is 0 Å². The first-order chi connectivity index (χ1) is 12.0. The van der Waals surface area contributed by atoms with Crippen molar-refractivity contribution < 1.29 is 18.0 Å². The number of fused-ring (bicyclic) bond motifs is 1. The van der Waals surface area contributed by atoms with Crippen molar-refractivity contribution >= 4 is 49.6 Å². The molecule has 0 saturated heterocycles. The number of ether oxygens (including phenoxy) is 3. The molecule has 5 nitrogen and oxygen atoms in total. The Morgan fingerprint density at radius 3 is 2.20 bits per heavy atom. The second-order valence-corrected chi connectivity index (χ2v) is 9.29. The van der Waals surface area contributed by atoms with E-state index in [-0.39, 0.29) is 0 Å². The molecule has 1 unspecified atom stereocenters. The standard InChI is InChI=1S/C18H18BrNO4Se/c1-10-18(13-7-11(19)5-6-14(13)20-10)25(21)12-8-15(22-2)17(24-4)16(9-12)23-3/h5-9,20H,1-4H3. The zero-order chi connectivity index (χ0) is 18.1. The molecule has 0 saturated carbocycles. The first-order valence-electron chi connectivity index (χ1n) is 7.49. The van der Waals surface area contributed by atoms with E-state index in [0.717, 1.165) is 25.5 Å². The molecule has 0 bridgehead atoms. The molecule has 132 valence electrons. The summed E-state index contributed by atoms with van der Waals surface area (Å²) in [5.74, 6) is 1.49. The number of benzene rings is 2. The van der Waals surface area contributed by atoms with Gasteiger partial charge < -0.3 is 0 Å². The van der Waals surface area contributed by atoms with Crippen molar-refractivity contribution in [2.45, 2.75) is 6.92 Å². The van der Waals surface area contributed by atoms with Crippen LogP contribution in [0.1, 0.15) is 5.69 Å². The third-order valence-electron chi connectivity index (χ3n) is 3.93. The third-order valence-corrected chi connectivity index (χ3v) is 7.69. The summed E-state index contributed by atoms with van der Waals surface area (Å²) in [6.45, 7) is 1.94. The van der Waals surface area contributed by atoms with Gasteiger partial charge in [-0.2, -0.15) is 0 Å². The first kappa shape index (κ1) is 18.0. The van der Waals surface area contributed by atoms with Crippen molar-refractivity contribution in [3.63, 3.8) is 0 Å². The van der Waals surface area contributed by atoms with Crippen LogP contribution in [0.4, 0.5) is 0 Å². The van der Waals surface area contributed by atoms with E-state index in [0.29, 0.717) is 21.7 Å². The number of aromatic nitrogens is 1. The van der Waals surface area contributed by atoms with E-state index < -0.39 is 13.8 Å². The van der Waals surface area contributed by atoms with Gasteiger partial charge in [0, 0.05) is 0 Å². The van der Waals surface area contributed by atoms with Crippen LogP contribution in [0, 0.1) is 6.92 Å². The Kier molecular flexibility index (Phi) is 5.18. The van der Waals surface area contributed by atoms with Gasteiger partial charge >= 0.3 is 159 Å². The molecular formula is C18H18BrNO4Se. The van der Waals surface area contributed by atoms with Gasteiger partial charge in [-0.25, -0.2) is 0 Å². The maximum atomic E-state index is 13.4. The fraction of sp³-hybridized carbons (Fsp3) is 0.222. The average Bonchev–Trinajstić information content (AvgIpc) is 2.94. The van der Waals surface area contributed by atoms with Crippen LogP contribution in [-0.4, -0.2) is 40.1 Å². The second kappa shape index (κ2) is 7.20. The fourth-order valence-electron chi connectivity index (χ4n) is 2.79. The van der Waals surface area contributed by atoms with Gasteiger partial charge in [0.2, 0.25) is 0 Å². The molecule has 1 atom stereocenters. The topological polar surface area (TPSA) is 60.6 Å². The van der Waals surface area contributed by atoms with Crippen LogP contribution in [0.2, 0.25) is 0 Å². The quantitative estimate of drug-likeness (QED) is 0.582. The number of aromatic amines is 1. The van der Waals surface area contributed by atoms with Crippen molar-refractivity contribution in [1.82, 2.24) is 4.98 Å². The predicted molar refractivity (Wildman–Crippen MR) is 103 cm³/mol. The molecule has 0 fully saturated rings. The summed E-state index contributed by atoms with van der Waals surface area (Å²) in [5, 5.41) is 0.959. The molecule has 0 aliphatic heterocycles. The van der Waals surface area contributed by atoms with Gasteiger partial charge in [0.1, 0.15) is 0 Å². The number of hydrogen-bond acceptors (Lipinski definition) is 4. The molecule has 0 radical (unpaired) electrons. The molecule has 0 aliphatic carbocycles. The summed E-state index contributed by atoms with van der Waals surface area (Å²) in [5.41, 5.74) is 1.87. The van der Waals surface area contributed by atoms with Crippen LogP contribution in [0.25, 0.3) is 10.9 Å². The molecule has 1 N–H and O–H groups in total. The van der Waals surface area contributed by atoms with Crippen LogP contribution in [0.3, 0.4) is 0 Å². The van der Waals surface area contributed by atoms with Crippen molar-refractivity contribution in [3.8, 4) is 17.2 Å². The zero-order valence-corrected chi connectivity index (χ0v) is 17.6. The minimum atomic E-state index is -2.55. The third kappa shape index (κ3) is 3.19. The van der Waals surface area contributed by atoms with Gasteiger partial charge in [-0.3, -0.25) is 0 Å². The summed E-state index contributed by atoms with van der Waals surface area (Å²) in [6.07, 6.45) is 0. The van der Waals surface area contributed by atoms with E-state index in [1.807, 2.05) is 25.1 Å². The molecule has 3 rings (SSSR count). The maximum absolute atomic E-state index is 13.4. The molecule has 2 aromatic carbocycles. The Labute approximate surface area is 158 Å². The Hall–Kier alpha value is -1.82. The van der Waals surface area contributed by atoms with Crippen LogP contribution in [0.15, 0.2) is 34.8 Å². The summed E-state index contributed by atoms with van der Waals surface area (Å²) in [7, 11) is 4.65. The van der Waals surface area contributed by atoms with E-state index >= 15 is 0 Å². The summed E-state index contributed by atoms with van der Waals surface area (Å²) < 4.78 is 32.0. The SMILES string of the molecule is COc1cc([Se](=O)c2c(C)[nH]c3ccc(Br)cc23)cc(OC)c1OC. The molecule has 1 aromatic heterocycles. The number of halogens is 1. The van der Waals surface area contributed by atoms with Crippen LogP contribution in [-0.2, 0) is 3.83 Å². The van der Waals surface area contributed by atoms with E-state index in [4.69, 9.17) is 14.2 Å². The Morgan fingerprint density at radius 1 is 1.00 bits per heavy atom. The van der Waals surface area contributed by atoms with Gasteiger partial charge in [0.05, 0.1) is 0 Å². The van der Waals surface area contributed by atoms with Crippen LogP contribution < -0.4 is 23.1 Å². The molecule has 0 aliphatic rings.